The van der Waals surface area contributed by atoms with E-state index in [1.807, 2.05) is 33.8 Å². The lowest BCUT2D eigenvalue weighted by atomic mass is 10.1. The van der Waals surface area contributed by atoms with E-state index in [-0.39, 0.29) is 23.4 Å². The molecule has 0 aliphatic rings. The molecule has 0 radical (unpaired) electrons. The largest absolute Gasteiger partial charge is 0.352 e. The van der Waals surface area contributed by atoms with Crippen molar-refractivity contribution in [3.05, 3.63) is 93.5 Å². The maximum Gasteiger partial charge on any atom is 0.264 e. The molecule has 41 heavy (non-hydrogen) atoms. The van der Waals surface area contributed by atoms with Gasteiger partial charge in [0.1, 0.15) is 12.6 Å². The zero-order chi connectivity index (χ0) is 30.3. The Bertz CT molecular complexity index is 1480. The smallest absolute Gasteiger partial charge is 0.264 e. The summed E-state index contributed by atoms with van der Waals surface area (Å²) < 4.78 is 29.1. The highest BCUT2D eigenvalue weighted by Gasteiger charge is 2.34. The van der Waals surface area contributed by atoms with Gasteiger partial charge < -0.3 is 10.2 Å². The standard InChI is InChI=1S/C31H37Cl2N3O4S/c1-6-23(5)34-31(38)28(7-2)35(19-24-14-15-25(32)18-27(24)33)30(37)20-36(29-16-13-21(3)17-22(29)4)41(39,40)26-11-9-8-10-12-26/h8-18,23,28H,6-7,19-20H2,1-5H3,(H,34,38)/t23-,28+/m1/s1. The van der Waals surface area contributed by atoms with Crippen LogP contribution in [0.5, 0.6) is 0 Å². The van der Waals surface area contributed by atoms with Gasteiger partial charge in [0, 0.05) is 22.6 Å². The van der Waals surface area contributed by atoms with Crippen molar-refractivity contribution in [1.29, 1.82) is 0 Å². The van der Waals surface area contributed by atoms with Crippen LogP contribution in [-0.2, 0) is 26.2 Å². The second-order valence-electron chi connectivity index (χ2n) is 10.1. The maximum absolute atomic E-state index is 14.2. The minimum absolute atomic E-state index is 0.00657. The van der Waals surface area contributed by atoms with Crippen LogP contribution in [0.1, 0.15) is 50.3 Å². The molecule has 3 aromatic rings. The van der Waals surface area contributed by atoms with Crippen molar-refractivity contribution in [2.45, 2.75) is 71.0 Å². The Morgan fingerprint density at radius 2 is 1.61 bits per heavy atom. The number of hydrogen-bond donors (Lipinski definition) is 1. The summed E-state index contributed by atoms with van der Waals surface area (Å²) >= 11 is 12.6. The number of amides is 2. The molecule has 0 aliphatic heterocycles. The molecule has 3 aromatic carbocycles. The first-order chi connectivity index (χ1) is 19.4. The van der Waals surface area contributed by atoms with Gasteiger partial charge in [0.2, 0.25) is 11.8 Å². The summed E-state index contributed by atoms with van der Waals surface area (Å²) in [7, 11) is -4.14. The lowest BCUT2D eigenvalue weighted by molar-refractivity contribution is -0.140. The van der Waals surface area contributed by atoms with Gasteiger partial charge in [-0.3, -0.25) is 13.9 Å². The van der Waals surface area contributed by atoms with Crippen LogP contribution in [0.25, 0.3) is 0 Å². The van der Waals surface area contributed by atoms with Crippen LogP contribution in [-0.4, -0.2) is 43.8 Å². The Hall–Kier alpha value is -3.07. The molecule has 0 spiro atoms. The molecule has 0 unspecified atom stereocenters. The predicted molar refractivity (Wildman–Crippen MR) is 166 cm³/mol. The van der Waals surface area contributed by atoms with Crippen molar-refractivity contribution in [2.24, 2.45) is 0 Å². The van der Waals surface area contributed by atoms with Crippen molar-refractivity contribution in [3.63, 3.8) is 0 Å². The number of carbonyl (C=O) groups excluding carboxylic acids is 2. The van der Waals surface area contributed by atoms with Gasteiger partial charge in [-0.15, -0.1) is 0 Å². The lowest BCUT2D eigenvalue weighted by Gasteiger charge is -2.34. The Kier molecular flexibility index (Phi) is 11.2. The topological polar surface area (TPSA) is 86.8 Å². The van der Waals surface area contributed by atoms with E-state index in [4.69, 9.17) is 23.2 Å². The van der Waals surface area contributed by atoms with E-state index >= 15 is 0 Å². The van der Waals surface area contributed by atoms with Crippen LogP contribution in [0.15, 0.2) is 71.6 Å². The van der Waals surface area contributed by atoms with Crippen molar-refractivity contribution in [2.75, 3.05) is 10.8 Å². The fourth-order valence-electron chi connectivity index (χ4n) is 4.51. The van der Waals surface area contributed by atoms with Crippen molar-refractivity contribution < 1.29 is 18.0 Å². The van der Waals surface area contributed by atoms with Gasteiger partial charge in [-0.2, -0.15) is 0 Å². The van der Waals surface area contributed by atoms with Gasteiger partial charge in [-0.05, 0) is 75.1 Å². The summed E-state index contributed by atoms with van der Waals surface area (Å²) in [6.07, 6.45) is 1.03. The molecular formula is C31H37Cl2N3O4S. The second kappa shape index (κ2) is 14.2. The van der Waals surface area contributed by atoms with Crippen LogP contribution in [0.3, 0.4) is 0 Å². The SMILES string of the molecule is CC[C@@H](C)NC(=O)[C@H](CC)N(Cc1ccc(Cl)cc1Cl)C(=O)CN(c1ccc(C)cc1C)S(=O)(=O)c1ccccc1. The predicted octanol–water partition coefficient (Wildman–Crippen LogP) is 6.53. The Morgan fingerprint density at radius 3 is 2.20 bits per heavy atom. The molecule has 0 heterocycles. The van der Waals surface area contributed by atoms with Crippen LogP contribution < -0.4 is 9.62 Å². The van der Waals surface area contributed by atoms with E-state index in [9.17, 15) is 18.0 Å². The molecule has 0 fully saturated rings. The number of benzene rings is 3. The summed E-state index contributed by atoms with van der Waals surface area (Å²) in [6.45, 7) is 8.86. The van der Waals surface area contributed by atoms with Crippen molar-refractivity contribution in [3.8, 4) is 0 Å². The highest BCUT2D eigenvalue weighted by Crippen LogP contribution is 2.29. The number of anilines is 1. The quantitative estimate of drug-likeness (QED) is 0.250. The summed E-state index contributed by atoms with van der Waals surface area (Å²) in [5.74, 6) is -0.856. The Balaban J connectivity index is 2.11. The first-order valence-corrected chi connectivity index (χ1v) is 15.8. The molecule has 0 aromatic heterocycles. The van der Waals surface area contributed by atoms with E-state index < -0.39 is 28.5 Å². The number of nitrogens with zero attached hydrogens (tertiary/aromatic N) is 2. The molecule has 220 valence electrons. The minimum Gasteiger partial charge on any atom is -0.352 e. The number of sulfonamides is 1. The maximum atomic E-state index is 14.2. The molecule has 0 saturated carbocycles. The zero-order valence-corrected chi connectivity index (χ0v) is 26.4. The average molecular weight is 619 g/mol. The molecule has 10 heteroatoms. The number of rotatable bonds is 12. The van der Waals surface area contributed by atoms with Gasteiger partial charge in [-0.25, -0.2) is 8.42 Å². The molecule has 0 aliphatic carbocycles. The number of carbonyl (C=O) groups is 2. The zero-order valence-electron chi connectivity index (χ0n) is 24.0. The number of halogens is 2. The molecule has 7 nitrogen and oxygen atoms in total. The number of hydrogen-bond acceptors (Lipinski definition) is 4. The minimum atomic E-state index is -4.14. The Morgan fingerprint density at radius 1 is 0.927 bits per heavy atom. The van der Waals surface area contributed by atoms with Crippen molar-refractivity contribution in [1.82, 2.24) is 10.2 Å². The van der Waals surface area contributed by atoms with Gasteiger partial charge in [0.15, 0.2) is 0 Å². The van der Waals surface area contributed by atoms with Gasteiger partial charge in [-0.1, -0.05) is 79.0 Å². The third kappa shape index (κ3) is 8.03. The highest BCUT2D eigenvalue weighted by atomic mass is 35.5. The molecule has 0 bridgehead atoms. The fourth-order valence-corrected chi connectivity index (χ4v) is 6.48. The molecule has 1 N–H and O–H groups in total. The van der Waals surface area contributed by atoms with Crippen LogP contribution in [0.4, 0.5) is 5.69 Å². The van der Waals surface area contributed by atoms with Crippen LogP contribution in [0, 0.1) is 13.8 Å². The molecule has 3 rings (SSSR count). The van der Waals surface area contributed by atoms with E-state index in [1.54, 1.807) is 55.5 Å². The number of aryl methyl sites for hydroxylation is 2. The fraction of sp³-hybridized carbons (Fsp3) is 0.355. The van der Waals surface area contributed by atoms with E-state index in [2.05, 4.69) is 5.32 Å². The first-order valence-electron chi connectivity index (χ1n) is 13.6. The monoisotopic (exact) mass is 617 g/mol. The summed E-state index contributed by atoms with van der Waals surface area (Å²) in [6, 6.07) is 17.3. The Labute approximate surface area is 253 Å². The summed E-state index contributed by atoms with van der Waals surface area (Å²) in [5.41, 5.74) is 2.63. The van der Waals surface area contributed by atoms with Crippen LogP contribution >= 0.6 is 23.2 Å². The van der Waals surface area contributed by atoms with E-state index in [1.165, 1.54) is 17.0 Å². The second-order valence-corrected chi connectivity index (χ2v) is 12.8. The van der Waals surface area contributed by atoms with Crippen molar-refractivity contribution >= 4 is 50.7 Å². The lowest BCUT2D eigenvalue weighted by Crippen LogP contribution is -2.53. The van der Waals surface area contributed by atoms with Gasteiger partial charge in [0.25, 0.3) is 10.0 Å². The number of nitrogens with one attached hydrogen (secondary N) is 1. The first kappa shape index (κ1) is 32.4. The molecule has 0 saturated heterocycles. The summed E-state index contributed by atoms with van der Waals surface area (Å²) in [5, 5.41) is 3.74. The normalized spacial score (nSPS) is 12.9. The third-order valence-corrected chi connectivity index (χ3v) is 9.33. The average Bonchev–Trinajstić information content (AvgIpc) is 2.93. The van der Waals surface area contributed by atoms with Gasteiger partial charge >= 0.3 is 0 Å². The van der Waals surface area contributed by atoms with Gasteiger partial charge in [0.05, 0.1) is 10.6 Å². The van der Waals surface area contributed by atoms with E-state index in [0.29, 0.717) is 33.3 Å². The highest BCUT2D eigenvalue weighted by molar-refractivity contribution is 7.92. The molecule has 2 amide bonds. The summed E-state index contributed by atoms with van der Waals surface area (Å²) in [4.78, 5) is 29.1. The third-order valence-electron chi connectivity index (χ3n) is 6.97. The van der Waals surface area contributed by atoms with E-state index in [0.717, 1.165) is 16.3 Å². The molecule has 2 atom stereocenters. The van der Waals surface area contributed by atoms with Crippen LogP contribution in [0.2, 0.25) is 10.0 Å². The molecular weight excluding hydrogens is 581 g/mol.